The van der Waals surface area contributed by atoms with Crippen molar-refractivity contribution >= 4 is 0 Å². The van der Waals surface area contributed by atoms with Crippen LogP contribution in [0, 0.1) is 11.3 Å². The van der Waals surface area contributed by atoms with Crippen LogP contribution in [0.4, 0.5) is 0 Å². The number of allylic oxidation sites excluding steroid dienone is 2. The SMILES string of the molecule is CC1=CC[C@H](CCNC2CC(C)(C)NC(C)(C)C2)C1(C)C. The third-order valence-corrected chi connectivity index (χ3v) is 5.86. The third kappa shape index (κ3) is 4.10. The quantitative estimate of drug-likeness (QED) is 0.756. The highest BCUT2D eigenvalue weighted by molar-refractivity contribution is 5.18. The maximum Gasteiger partial charge on any atom is 0.0144 e. The molecular formula is C19H36N2. The van der Waals surface area contributed by atoms with E-state index in [1.807, 2.05) is 0 Å². The molecule has 0 aromatic heterocycles. The minimum atomic E-state index is 0.240. The van der Waals surface area contributed by atoms with Crippen LogP contribution in [0.15, 0.2) is 11.6 Å². The van der Waals surface area contributed by atoms with E-state index in [-0.39, 0.29) is 11.1 Å². The molecule has 2 aliphatic rings. The molecule has 1 saturated heterocycles. The molecule has 1 aliphatic carbocycles. The van der Waals surface area contributed by atoms with Crippen LogP contribution in [0.25, 0.3) is 0 Å². The second-order valence-electron chi connectivity index (χ2n) is 9.28. The number of hydrogen-bond acceptors (Lipinski definition) is 2. The van der Waals surface area contributed by atoms with Crippen molar-refractivity contribution in [1.82, 2.24) is 10.6 Å². The Morgan fingerprint density at radius 1 is 1.10 bits per heavy atom. The first-order valence-corrected chi connectivity index (χ1v) is 8.72. The molecule has 1 heterocycles. The molecule has 0 saturated carbocycles. The van der Waals surface area contributed by atoms with E-state index in [9.17, 15) is 0 Å². The lowest BCUT2D eigenvalue weighted by Crippen LogP contribution is -2.61. The summed E-state index contributed by atoms with van der Waals surface area (Å²) >= 11 is 0. The Kier molecular flexibility index (Phi) is 4.62. The van der Waals surface area contributed by atoms with E-state index in [4.69, 9.17) is 0 Å². The Labute approximate surface area is 132 Å². The summed E-state index contributed by atoms with van der Waals surface area (Å²) in [5.74, 6) is 0.813. The predicted octanol–water partition coefficient (Wildman–Crippen LogP) is 4.27. The second-order valence-corrected chi connectivity index (χ2v) is 9.28. The van der Waals surface area contributed by atoms with Crippen LogP contribution in [0.1, 0.15) is 74.1 Å². The topological polar surface area (TPSA) is 24.1 Å². The molecule has 2 heteroatoms. The van der Waals surface area contributed by atoms with Crippen LogP contribution in [0.2, 0.25) is 0 Å². The molecule has 2 rings (SSSR count). The van der Waals surface area contributed by atoms with Gasteiger partial charge in [0.25, 0.3) is 0 Å². The maximum absolute atomic E-state index is 3.85. The Morgan fingerprint density at radius 2 is 1.67 bits per heavy atom. The highest BCUT2D eigenvalue weighted by Crippen LogP contribution is 2.44. The van der Waals surface area contributed by atoms with Gasteiger partial charge >= 0.3 is 0 Å². The van der Waals surface area contributed by atoms with Crippen molar-refractivity contribution in [3.05, 3.63) is 11.6 Å². The zero-order chi connectivity index (χ0) is 15.9. The standard InChI is InChI=1S/C19H36N2/c1-14-8-9-15(19(14,6)7)10-11-20-16-12-17(2,3)21-18(4,5)13-16/h8,15-16,20-21H,9-13H2,1-7H3/t15-/m1/s1. The second kappa shape index (κ2) is 5.70. The van der Waals surface area contributed by atoms with Gasteiger partial charge in [0.1, 0.15) is 0 Å². The lowest BCUT2D eigenvalue weighted by Gasteiger charge is -2.47. The Hall–Kier alpha value is -0.340. The summed E-state index contributed by atoms with van der Waals surface area (Å²) in [4.78, 5) is 0. The molecule has 1 aliphatic heterocycles. The van der Waals surface area contributed by atoms with Gasteiger partial charge in [0.05, 0.1) is 0 Å². The molecule has 0 aromatic rings. The van der Waals surface area contributed by atoms with Crippen LogP contribution in [0.5, 0.6) is 0 Å². The van der Waals surface area contributed by atoms with Crippen molar-refractivity contribution in [2.75, 3.05) is 6.54 Å². The van der Waals surface area contributed by atoms with Gasteiger partial charge in [-0.2, -0.15) is 0 Å². The molecule has 122 valence electrons. The Bertz CT molecular complexity index is 388. The van der Waals surface area contributed by atoms with Crippen molar-refractivity contribution < 1.29 is 0 Å². The molecule has 0 spiro atoms. The molecule has 0 amide bonds. The van der Waals surface area contributed by atoms with E-state index in [0.29, 0.717) is 11.5 Å². The average molecular weight is 293 g/mol. The highest BCUT2D eigenvalue weighted by Gasteiger charge is 2.38. The van der Waals surface area contributed by atoms with E-state index < -0.39 is 0 Å². The number of hydrogen-bond donors (Lipinski definition) is 2. The summed E-state index contributed by atoms with van der Waals surface area (Å²) in [7, 11) is 0. The number of piperidine rings is 1. The van der Waals surface area contributed by atoms with Crippen molar-refractivity contribution in [1.29, 1.82) is 0 Å². The fourth-order valence-corrected chi connectivity index (χ4v) is 4.61. The van der Waals surface area contributed by atoms with E-state index in [0.717, 1.165) is 12.5 Å². The predicted molar refractivity (Wildman–Crippen MR) is 92.6 cm³/mol. The van der Waals surface area contributed by atoms with Gasteiger partial charge in [-0.3, -0.25) is 0 Å². The molecule has 2 nitrogen and oxygen atoms in total. The summed E-state index contributed by atoms with van der Waals surface area (Å²) in [6.07, 6.45) is 7.46. The first-order chi connectivity index (χ1) is 9.52. The first-order valence-electron chi connectivity index (χ1n) is 8.72. The van der Waals surface area contributed by atoms with Crippen molar-refractivity contribution in [2.24, 2.45) is 11.3 Å². The van der Waals surface area contributed by atoms with E-state index in [1.165, 1.54) is 25.7 Å². The fourth-order valence-electron chi connectivity index (χ4n) is 4.61. The van der Waals surface area contributed by atoms with Crippen molar-refractivity contribution in [3.8, 4) is 0 Å². The summed E-state index contributed by atoms with van der Waals surface area (Å²) in [6, 6.07) is 0.648. The highest BCUT2D eigenvalue weighted by atomic mass is 15.1. The van der Waals surface area contributed by atoms with Gasteiger partial charge in [-0.1, -0.05) is 25.5 Å². The molecule has 1 atom stereocenters. The Morgan fingerprint density at radius 3 is 2.14 bits per heavy atom. The lowest BCUT2D eigenvalue weighted by atomic mass is 9.76. The first kappa shape index (κ1) is 17.0. The van der Waals surface area contributed by atoms with Gasteiger partial charge in [0, 0.05) is 17.1 Å². The van der Waals surface area contributed by atoms with Gasteiger partial charge in [0.2, 0.25) is 0 Å². The average Bonchev–Trinajstić information content (AvgIpc) is 2.51. The number of nitrogens with one attached hydrogen (secondary N) is 2. The van der Waals surface area contributed by atoms with Gasteiger partial charge in [0.15, 0.2) is 0 Å². The minimum Gasteiger partial charge on any atom is -0.314 e. The molecule has 0 bridgehead atoms. The van der Waals surface area contributed by atoms with E-state index >= 15 is 0 Å². The van der Waals surface area contributed by atoms with Gasteiger partial charge in [-0.15, -0.1) is 0 Å². The largest absolute Gasteiger partial charge is 0.314 e. The van der Waals surface area contributed by atoms with Crippen LogP contribution >= 0.6 is 0 Å². The maximum atomic E-state index is 3.85. The molecule has 0 unspecified atom stereocenters. The van der Waals surface area contributed by atoms with Gasteiger partial charge in [-0.25, -0.2) is 0 Å². The zero-order valence-corrected chi connectivity index (χ0v) is 15.3. The summed E-state index contributed by atoms with van der Waals surface area (Å²) < 4.78 is 0. The van der Waals surface area contributed by atoms with Gasteiger partial charge in [-0.05, 0) is 78.2 Å². The zero-order valence-electron chi connectivity index (χ0n) is 15.3. The number of rotatable bonds is 4. The lowest BCUT2D eigenvalue weighted by molar-refractivity contribution is 0.143. The molecular weight excluding hydrogens is 256 g/mol. The summed E-state index contributed by atoms with van der Waals surface area (Å²) in [5.41, 5.74) is 2.46. The summed E-state index contributed by atoms with van der Waals surface area (Å²) in [6.45, 7) is 17.6. The molecule has 21 heavy (non-hydrogen) atoms. The molecule has 0 aromatic carbocycles. The monoisotopic (exact) mass is 292 g/mol. The van der Waals surface area contributed by atoms with E-state index in [1.54, 1.807) is 5.57 Å². The summed E-state index contributed by atoms with van der Waals surface area (Å²) in [5, 5.41) is 7.61. The van der Waals surface area contributed by atoms with Crippen molar-refractivity contribution in [2.45, 2.75) is 91.3 Å². The Balaban J connectivity index is 1.82. The third-order valence-electron chi connectivity index (χ3n) is 5.86. The molecule has 2 N–H and O–H groups in total. The molecule has 0 radical (unpaired) electrons. The normalized spacial score (nSPS) is 31.2. The molecule has 1 fully saturated rings. The van der Waals surface area contributed by atoms with Crippen LogP contribution in [-0.4, -0.2) is 23.7 Å². The van der Waals surface area contributed by atoms with Crippen molar-refractivity contribution in [3.63, 3.8) is 0 Å². The van der Waals surface area contributed by atoms with Crippen LogP contribution in [0.3, 0.4) is 0 Å². The fraction of sp³-hybridized carbons (Fsp3) is 0.895. The minimum absolute atomic E-state index is 0.240. The van der Waals surface area contributed by atoms with Crippen LogP contribution in [-0.2, 0) is 0 Å². The van der Waals surface area contributed by atoms with E-state index in [2.05, 4.69) is 65.2 Å². The smallest absolute Gasteiger partial charge is 0.0144 e. The van der Waals surface area contributed by atoms with Crippen LogP contribution < -0.4 is 10.6 Å². The van der Waals surface area contributed by atoms with Gasteiger partial charge < -0.3 is 10.6 Å².